The van der Waals surface area contributed by atoms with Crippen molar-refractivity contribution in [3.63, 3.8) is 0 Å². The lowest BCUT2D eigenvalue weighted by Gasteiger charge is -2.32. The summed E-state index contributed by atoms with van der Waals surface area (Å²) >= 11 is 0. The third-order valence-electron chi connectivity index (χ3n) is 6.81. The molecule has 1 aliphatic heterocycles. The number of alkyl halides is 2. The second-order valence-corrected chi connectivity index (χ2v) is 9.32. The number of aromatic amines is 1. The van der Waals surface area contributed by atoms with E-state index in [0.29, 0.717) is 35.3 Å². The van der Waals surface area contributed by atoms with Gasteiger partial charge in [0.2, 0.25) is 12.3 Å². The number of pyridine rings is 1. The molecule has 0 saturated carbocycles. The van der Waals surface area contributed by atoms with E-state index in [1.54, 1.807) is 28.6 Å². The SMILES string of the molecule is C[C@@H](O)CC(=O)N1CCC(c2ccc3[nH]c(-c4cc(F)c5nccn5c4)c(CC(F)F)c3c2)CC1. The number of nitrogens with one attached hydrogen (secondary N) is 1. The minimum atomic E-state index is -2.55. The molecule has 9 heteroatoms. The topological polar surface area (TPSA) is 73.6 Å². The summed E-state index contributed by atoms with van der Waals surface area (Å²) in [6.07, 6.45) is 2.77. The first-order valence-electron chi connectivity index (χ1n) is 11.8. The third kappa shape index (κ3) is 4.65. The number of hydrogen-bond acceptors (Lipinski definition) is 3. The molecule has 0 aliphatic carbocycles. The molecule has 0 unspecified atom stereocenters. The Labute approximate surface area is 200 Å². The van der Waals surface area contributed by atoms with Crippen molar-refractivity contribution in [3.05, 3.63) is 59.8 Å². The minimum absolute atomic E-state index is 0.0505. The van der Waals surface area contributed by atoms with Crippen LogP contribution >= 0.6 is 0 Å². The monoisotopic (exact) mass is 484 g/mol. The maximum atomic E-state index is 14.6. The van der Waals surface area contributed by atoms with Gasteiger partial charge in [-0.3, -0.25) is 4.79 Å². The number of fused-ring (bicyclic) bond motifs is 2. The Balaban J connectivity index is 1.47. The molecule has 5 rings (SSSR count). The van der Waals surface area contributed by atoms with E-state index in [-0.39, 0.29) is 23.9 Å². The van der Waals surface area contributed by atoms with Crippen LogP contribution in [0.5, 0.6) is 0 Å². The molecule has 4 aromatic rings. The second kappa shape index (κ2) is 9.37. The lowest BCUT2D eigenvalue weighted by Crippen LogP contribution is -2.39. The summed E-state index contributed by atoms with van der Waals surface area (Å²) in [5.74, 6) is -0.371. The molecule has 1 fully saturated rings. The van der Waals surface area contributed by atoms with Gasteiger partial charge in [-0.2, -0.15) is 0 Å². The van der Waals surface area contributed by atoms with Crippen LogP contribution in [-0.2, 0) is 11.2 Å². The summed E-state index contributed by atoms with van der Waals surface area (Å²) in [5, 5.41) is 10.2. The predicted molar refractivity (Wildman–Crippen MR) is 127 cm³/mol. The zero-order valence-electron chi connectivity index (χ0n) is 19.3. The highest BCUT2D eigenvalue weighted by molar-refractivity contribution is 5.91. The molecule has 0 bridgehead atoms. The van der Waals surface area contributed by atoms with Crippen molar-refractivity contribution in [1.82, 2.24) is 19.3 Å². The van der Waals surface area contributed by atoms with E-state index in [1.807, 2.05) is 18.2 Å². The zero-order chi connectivity index (χ0) is 24.7. The van der Waals surface area contributed by atoms with E-state index in [1.165, 1.54) is 12.3 Å². The Morgan fingerprint density at radius 2 is 2.03 bits per heavy atom. The normalized spacial score (nSPS) is 16.0. The van der Waals surface area contributed by atoms with Crippen LogP contribution in [0.1, 0.15) is 43.2 Å². The number of H-pyrrole nitrogens is 1. The fourth-order valence-corrected chi connectivity index (χ4v) is 5.10. The summed E-state index contributed by atoms with van der Waals surface area (Å²) in [6.45, 7) is 2.80. The number of benzene rings is 1. The van der Waals surface area contributed by atoms with E-state index in [4.69, 9.17) is 0 Å². The number of nitrogens with zero attached hydrogens (tertiary/aromatic N) is 3. The number of hydrogen-bond donors (Lipinski definition) is 2. The van der Waals surface area contributed by atoms with E-state index < -0.39 is 24.8 Å². The van der Waals surface area contributed by atoms with Crippen LogP contribution in [0.25, 0.3) is 27.8 Å². The number of carbonyl (C=O) groups is 1. The van der Waals surface area contributed by atoms with E-state index in [0.717, 1.165) is 23.9 Å². The van der Waals surface area contributed by atoms with Gasteiger partial charge in [0.25, 0.3) is 0 Å². The van der Waals surface area contributed by atoms with Crippen LogP contribution in [0, 0.1) is 5.82 Å². The van der Waals surface area contributed by atoms with E-state index in [9.17, 15) is 23.1 Å². The molecular weight excluding hydrogens is 457 g/mol. The maximum absolute atomic E-state index is 14.6. The number of aromatic nitrogens is 3. The number of rotatable bonds is 6. The number of piperidine rings is 1. The Hall–Kier alpha value is -3.33. The van der Waals surface area contributed by atoms with Crippen molar-refractivity contribution >= 4 is 22.5 Å². The molecule has 0 radical (unpaired) electrons. The van der Waals surface area contributed by atoms with Gasteiger partial charge < -0.3 is 19.4 Å². The standard InChI is InChI=1S/C26H27F3N4O2/c1-15(34)10-24(35)32-7-4-16(5-8-32)17-2-3-22-19(11-17)20(13-23(28)29)25(31-22)18-12-21(27)26-30-6-9-33(26)14-18/h2-3,6,9,11-12,14-16,23,31,34H,4-5,7-8,10,13H2,1H3/t15-/m1/s1. The van der Waals surface area contributed by atoms with Crippen molar-refractivity contribution in [1.29, 1.82) is 0 Å². The quantitative estimate of drug-likeness (QED) is 0.409. The number of carbonyl (C=O) groups excluding carboxylic acids is 1. The number of likely N-dealkylation sites (tertiary alicyclic amines) is 1. The van der Waals surface area contributed by atoms with Crippen LogP contribution in [-0.4, -0.2) is 55.9 Å². The highest BCUT2D eigenvalue weighted by Gasteiger charge is 2.26. The first-order valence-corrected chi connectivity index (χ1v) is 11.8. The molecule has 184 valence electrons. The van der Waals surface area contributed by atoms with Crippen molar-refractivity contribution < 1.29 is 23.1 Å². The molecule has 1 saturated heterocycles. The van der Waals surface area contributed by atoms with Gasteiger partial charge in [-0.1, -0.05) is 6.07 Å². The molecule has 4 heterocycles. The Morgan fingerprint density at radius 1 is 1.26 bits per heavy atom. The van der Waals surface area contributed by atoms with Gasteiger partial charge in [0, 0.05) is 54.6 Å². The summed E-state index contributed by atoms with van der Waals surface area (Å²) in [5.41, 5.74) is 3.35. The van der Waals surface area contributed by atoms with Gasteiger partial charge in [0.1, 0.15) is 0 Å². The van der Waals surface area contributed by atoms with Crippen molar-refractivity contribution in [2.75, 3.05) is 13.1 Å². The minimum Gasteiger partial charge on any atom is -0.393 e. The number of halogens is 3. The van der Waals surface area contributed by atoms with E-state index in [2.05, 4.69) is 9.97 Å². The lowest BCUT2D eigenvalue weighted by atomic mass is 9.88. The first kappa shape index (κ1) is 23.4. The molecule has 35 heavy (non-hydrogen) atoms. The molecule has 6 nitrogen and oxygen atoms in total. The largest absolute Gasteiger partial charge is 0.393 e. The van der Waals surface area contributed by atoms with Gasteiger partial charge >= 0.3 is 0 Å². The molecule has 1 aliphatic rings. The molecule has 1 aromatic carbocycles. The van der Waals surface area contributed by atoms with Gasteiger partial charge in [0.05, 0.1) is 18.2 Å². The Bertz CT molecular complexity index is 1370. The highest BCUT2D eigenvalue weighted by Crippen LogP contribution is 2.36. The average molecular weight is 485 g/mol. The van der Waals surface area contributed by atoms with Crippen molar-refractivity contribution in [3.8, 4) is 11.3 Å². The average Bonchev–Trinajstić information content (AvgIpc) is 3.43. The Morgan fingerprint density at radius 3 is 2.74 bits per heavy atom. The highest BCUT2D eigenvalue weighted by atomic mass is 19.3. The maximum Gasteiger partial charge on any atom is 0.242 e. The van der Waals surface area contributed by atoms with Crippen LogP contribution < -0.4 is 0 Å². The van der Waals surface area contributed by atoms with Crippen LogP contribution in [0.15, 0.2) is 42.9 Å². The smallest absolute Gasteiger partial charge is 0.242 e. The van der Waals surface area contributed by atoms with Crippen molar-refractivity contribution in [2.24, 2.45) is 0 Å². The molecule has 1 atom stereocenters. The third-order valence-corrected chi connectivity index (χ3v) is 6.81. The van der Waals surface area contributed by atoms with Crippen LogP contribution in [0.4, 0.5) is 13.2 Å². The predicted octanol–water partition coefficient (Wildman–Crippen LogP) is 4.91. The van der Waals surface area contributed by atoms with Crippen LogP contribution in [0.2, 0.25) is 0 Å². The fraction of sp³-hybridized carbons (Fsp3) is 0.385. The molecule has 1 amide bonds. The zero-order valence-corrected chi connectivity index (χ0v) is 19.3. The summed E-state index contributed by atoms with van der Waals surface area (Å²) in [6, 6.07) is 7.16. The van der Waals surface area contributed by atoms with Crippen molar-refractivity contribution in [2.45, 2.75) is 51.1 Å². The summed E-state index contributed by atoms with van der Waals surface area (Å²) < 4.78 is 43.4. The number of amides is 1. The second-order valence-electron chi connectivity index (χ2n) is 9.32. The van der Waals surface area contributed by atoms with Gasteiger partial charge in [-0.15, -0.1) is 0 Å². The number of aliphatic hydroxyl groups excluding tert-OH is 1. The number of aliphatic hydroxyl groups is 1. The van der Waals surface area contributed by atoms with Crippen LogP contribution in [0.3, 0.4) is 0 Å². The molecule has 2 N–H and O–H groups in total. The van der Waals surface area contributed by atoms with Gasteiger partial charge in [-0.05, 0) is 55.0 Å². The molecule has 3 aromatic heterocycles. The fourth-order valence-electron chi connectivity index (χ4n) is 5.10. The summed E-state index contributed by atoms with van der Waals surface area (Å²) in [7, 11) is 0. The van der Waals surface area contributed by atoms with E-state index >= 15 is 0 Å². The summed E-state index contributed by atoms with van der Waals surface area (Å²) in [4.78, 5) is 21.2. The number of imidazole rings is 1. The molecular formula is C26H27F3N4O2. The Kier molecular flexibility index (Phi) is 6.27. The van der Waals surface area contributed by atoms with Gasteiger partial charge in [0.15, 0.2) is 11.5 Å². The first-order chi connectivity index (χ1) is 16.8. The molecule has 0 spiro atoms. The van der Waals surface area contributed by atoms with Gasteiger partial charge in [-0.25, -0.2) is 18.2 Å². The lowest BCUT2D eigenvalue weighted by molar-refractivity contribution is -0.134.